The van der Waals surface area contributed by atoms with E-state index in [1.54, 1.807) is 4.90 Å². The average molecular weight is 276 g/mol. The van der Waals surface area contributed by atoms with Crippen molar-refractivity contribution in [1.29, 1.82) is 0 Å². The summed E-state index contributed by atoms with van der Waals surface area (Å²) >= 11 is 3.39. The van der Waals surface area contributed by atoms with Crippen molar-refractivity contribution in [2.75, 3.05) is 18.0 Å². The fraction of sp³-hybridized carbons (Fsp3) is 0.455. The summed E-state index contributed by atoms with van der Waals surface area (Å²) in [5.74, 6) is -2.53. The second kappa shape index (κ2) is 3.74. The minimum atomic E-state index is -2.53. The molecule has 0 saturated carbocycles. The molecule has 1 heterocycles. The molecule has 0 aromatic heterocycles. The van der Waals surface area contributed by atoms with Gasteiger partial charge in [-0.1, -0.05) is 15.9 Å². The molecule has 1 fully saturated rings. The highest BCUT2D eigenvalue weighted by atomic mass is 79.9. The van der Waals surface area contributed by atoms with Crippen molar-refractivity contribution >= 4 is 21.6 Å². The minimum Gasteiger partial charge on any atom is -0.365 e. The Balaban J connectivity index is 2.21. The first kappa shape index (κ1) is 10.9. The highest BCUT2D eigenvalue weighted by Gasteiger charge is 2.38. The van der Waals surface area contributed by atoms with E-state index >= 15 is 0 Å². The van der Waals surface area contributed by atoms with Gasteiger partial charge in [-0.2, -0.15) is 0 Å². The van der Waals surface area contributed by atoms with Gasteiger partial charge in [0.05, 0.1) is 6.54 Å². The van der Waals surface area contributed by atoms with Gasteiger partial charge in [0, 0.05) is 23.1 Å². The fourth-order valence-electron chi connectivity index (χ4n) is 1.78. The van der Waals surface area contributed by atoms with Crippen molar-refractivity contribution in [3.8, 4) is 0 Å². The molecular formula is C11H12BrF2N. The molecule has 1 saturated heterocycles. The molecule has 4 heteroatoms. The molecule has 0 N–H and O–H groups in total. The molecule has 1 nitrogen and oxygen atoms in total. The third kappa shape index (κ3) is 2.30. The second-order valence-corrected chi connectivity index (χ2v) is 4.82. The van der Waals surface area contributed by atoms with Crippen LogP contribution in [0, 0.1) is 6.92 Å². The Morgan fingerprint density at radius 1 is 1.40 bits per heavy atom. The zero-order chi connectivity index (χ0) is 11.1. The van der Waals surface area contributed by atoms with Gasteiger partial charge in [-0.15, -0.1) is 0 Å². The zero-order valence-corrected chi connectivity index (χ0v) is 10.0. The Morgan fingerprint density at radius 3 is 2.67 bits per heavy atom. The molecule has 0 amide bonds. The summed E-state index contributed by atoms with van der Waals surface area (Å²) in [5, 5.41) is 0. The third-order valence-electron chi connectivity index (χ3n) is 2.68. The van der Waals surface area contributed by atoms with Gasteiger partial charge in [0.15, 0.2) is 0 Å². The molecular weight excluding hydrogens is 264 g/mol. The normalized spacial score (nSPS) is 19.6. The Morgan fingerprint density at radius 2 is 2.13 bits per heavy atom. The van der Waals surface area contributed by atoms with E-state index in [0.717, 1.165) is 15.7 Å². The number of hydrogen-bond acceptors (Lipinski definition) is 1. The van der Waals surface area contributed by atoms with Gasteiger partial charge in [0.1, 0.15) is 0 Å². The molecule has 2 rings (SSSR count). The van der Waals surface area contributed by atoms with Crippen molar-refractivity contribution in [3.05, 3.63) is 28.2 Å². The zero-order valence-electron chi connectivity index (χ0n) is 8.43. The molecule has 0 unspecified atom stereocenters. The highest BCUT2D eigenvalue weighted by Crippen LogP contribution is 2.32. The molecule has 0 bridgehead atoms. The van der Waals surface area contributed by atoms with E-state index in [4.69, 9.17) is 0 Å². The summed E-state index contributed by atoms with van der Waals surface area (Å²) < 4.78 is 27.0. The van der Waals surface area contributed by atoms with Crippen LogP contribution < -0.4 is 4.90 Å². The molecule has 15 heavy (non-hydrogen) atoms. The Bertz CT molecular complexity index is 379. The van der Waals surface area contributed by atoms with Crippen LogP contribution in [0.2, 0.25) is 0 Å². The van der Waals surface area contributed by atoms with Gasteiger partial charge in [0.25, 0.3) is 5.92 Å². The molecule has 0 spiro atoms. The maximum Gasteiger partial charge on any atom is 0.266 e. The number of hydrogen-bond donors (Lipinski definition) is 0. The van der Waals surface area contributed by atoms with E-state index in [-0.39, 0.29) is 13.0 Å². The number of alkyl halides is 2. The molecule has 1 aliphatic rings. The number of halogens is 3. The highest BCUT2D eigenvalue weighted by molar-refractivity contribution is 9.10. The SMILES string of the molecule is Cc1cc(N2CCC(F)(F)C2)ccc1Br. The largest absolute Gasteiger partial charge is 0.365 e. The van der Waals surface area contributed by atoms with Gasteiger partial charge in [-0.3, -0.25) is 0 Å². The van der Waals surface area contributed by atoms with Gasteiger partial charge >= 0.3 is 0 Å². The average Bonchev–Trinajstić information content (AvgIpc) is 2.51. The molecule has 0 aliphatic carbocycles. The van der Waals surface area contributed by atoms with Crippen LogP contribution in [0.5, 0.6) is 0 Å². The van der Waals surface area contributed by atoms with Crippen LogP contribution >= 0.6 is 15.9 Å². The van der Waals surface area contributed by atoms with Crippen LogP contribution in [-0.4, -0.2) is 19.0 Å². The molecule has 0 radical (unpaired) electrons. The number of aryl methyl sites for hydroxylation is 1. The van der Waals surface area contributed by atoms with E-state index in [9.17, 15) is 8.78 Å². The number of rotatable bonds is 1. The molecule has 1 aliphatic heterocycles. The summed E-state index contributed by atoms with van der Waals surface area (Å²) in [4.78, 5) is 1.74. The Hall–Kier alpha value is -0.640. The van der Waals surface area contributed by atoms with Gasteiger partial charge < -0.3 is 4.90 Å². The van der Waals surface area contributed by atoms with Crippen molar-refractivity contribution in [2.24, 2.45) is 0 Å². The van der Waals surface area contributed by atoms with Crippen LogP contribution in [0.4, 0.5) is 14.5 Å². The molecule has 0 atom stereocenters. The fourth-order valence-corrected chi connectivity index (χ4v) is 2.03. The first-order valence-electron chi connectivity index (χ1n) is 4.87. The lowest BCUT2D eigenvalue weighted by atomic mass is 10.2. The number of nitrogens with zero attached hydrogens (tertiary/aromatic N) is 1. The monoisotopic (exact) mass is 275 g/mol. The predicted molar refractivity (Wildman–Crippen MR) is 60.7 cm³/mol. The summed E-state index contributed by atoms with van der Waals surface area (Å²) in [6, 6.07) is 5.71. The summed E-state index contributed by atoms with van der Waals surface area (Å²) in [6.07, 6.45) is -0.0396. The van der Waals surface area contributed by atoms with Gasteiger partial charge in [-0.25, -0.2) is 8.78 Å². The quantitative estimate of drug-likeness (QED) is 0.757. The molecule has 1 aromatic carbocycles. The van der Waals surface area contributed by atoms with Crippen molar-refractivity contribution in [1.82, 2.24) is 0 Å². The second-order valence-electron chi connectivity index (χ2n) is 3.96. The third-order valence-corrected chi connectivity index (χ3v) is 3.57. The first-order chi connectivity index (χ1) is 6.98. The van der Waals surface area contributed by atoms with Crippen LogP contribution in [-0.2, 0) is 0 Å². The lowest BCUT2D eigenvalue weighted by molar-refractivity contribution is 0.0257. The van der Waals surface area contributed by atoms with E-state index in [1.807, 2.05) is 25.1 Å². The van der Waals surface area contributed by atoms with Crippen molar-refractivity contribution in [3.63, 3.8) is 0 Å². The molecule has 82 valence electrons. The first-order valence-corrected chi connectivity index (χ1v) is 5.66. The van der Waals surface area contributed by atoms with Crippen LogP contribution in [0.3, 0.4) is 0 Å². The number of anilines is 1. The van der Waals surface area contributed by atoms with Gasteiger partial charge in [0.2, 0.25) is 0 Å². The van der Waals surface area contributed by atoms with Gasteiger partial charge in [-0.05, 0) is 30.7 Å². The van der Waals surface area contributed by atoms with Crippen LogP contribution in [0.25, 0.3) is 0 Å². The Labute approximate surface area is 96.2 Å². The summed E-state index contributed by atoms with van der Waals surface area (Å²) in [6.45, 7) is 2.24. The molecule has 1 aromatic rings. The van der Waals surface area contributed by atoms with E-state index in [2.05, 4.69) is 15.9 Å². The Kier molecular flexibility index (Phi) is 2.71. The van der Waals surface area contributed by atoms with E-state index in [0.29, 0.717) is 6.54 Å². The topological polar surface area (TPSA) is 3.24 Å². The lowest BCUT2D eigenvalue weighted by Crippen LogP contribution is -2.24. The summed E-state index contributed by atoms with van der Waals surface area (Å²) in [7, 11) is 0. The van der Waals surface area contributed by atoms with E-state index in [1.165, 1.54) is 0 Å². The van der Waals surface area contributed by atoms with Crippen molar-refractivity contribution < 1.29 is 8.78 Å². The van der Waals surface area contributed by atoms with Crippen LogP contribution in [0.1, 0.15) is 12.0 Å². The minimum absolute atomic E-state index is 0.0396. The smallest absolute Gasteiger partial charge is 0.266 e. The summed E-state index contributed by atoms with van der Waals surface area (Å²) in [5.41, 5.74) is 1.95. The van der Waals surface area contributed by atoms with E-state index < -0.39 is 5.92 Å². The van der Waals surface area contributed by atoms with Crippen molar-refractivity contribution in [2.45, 2.75) is 19.3 Å². The predicted octanol–water partition coefficient (Wildman–Crippen LogP) is 3.60. The lowest BCUT2D eigenvalue weighted by Gasteiger charge is -2.18. The maximum atomic E-state index is 13.0. The standard InChI is InChI=1S/C11H12BrF2N/c1-8-6-9(2-3-10(8)12)15-5-4-11(13,14)7-15/h2-3,6H,4-5,7H2,1H3. The number of benzene rings is 1. The maximum absolute atomic E-state index is 13.0. The van der Waals surface area contributed by atoms with Crippen LogP contribution in [0.15, 0.2) is 22.7 Å².